The van der Waals surface area contributed by atoms with Gasteiger partial charge >= 0.3 is 0 Å². The van der Waals surface area contributed by atoms with Crippen molar-refractivity contribution in [1.82, 2.24) is 15.3 Å². The normalized spacial score (nSPS) is 19.3. The second-order valence-electron chi connectivity index (χ2n) is 4.85. The van der Waals surface area contributed by atoms with Crippen LogP contribution in [0.3, 0.4) is 0 Å². The molecule has 3 nitrogen and oxygen atoms in total. The van der Waals surface area contributed by atoms with Gasteiger partial charge in [-0.1, -0.05) is 28.1 Å². The second-order valence-corrected chi connectivity index (χ2v) is 5.77. The maximum Gasteiger partial charge on any atom is 0.133 e. The van der Waals surface area contributed by atoms with E-state index in [1.165, 1.54) is 12.8 Å². The number of hydrogen-bond acceptors (Lipinski definition) is 3. The molecule has 2 aromatic rings. The lowest BCUT2D eigenvalue weighted by atomic mass is 9.98. The van der Waals surface area contributed by atoms with E-state index in [4.69, 9.17) is 4.98 Å². The zero-order valence-corrected chi connectivity index (χ0v) is 12.2. The molecule has 1 saturated heterocycles. The van der Waals surface area contributed by atoms with Crippen molar-refractivity contribution in [2.45, 2.75) is 18.8 Å². The van der Waals surface area contributed by atoms with Crippen LogP contribution in [0.15, 0.2) is 41.0 Å². The molecular weight excluding hydrogens is 302 g/mol. The van der Waals surface area contributed by atoms with Gasteiger partial charge in [-0.05, 0) is 37.6 Å². The third-order valence-corrected chi connectivity index (χ3v) is 4.00. The summed E-state index contributed by atoms with van der Waals surface area (Å²) in [6.07, 6.45) is 4.25. The quantitative estimate of drug-likeness (QED) is 0.922. The lowest BCUT2D eigenvalue weighted by Crippen LogP contribution is -2.29. The minimum Gasteiger partial charge on any atom is -0.316 e. The molecule has 1 aliphatic rings. The first kappa shape index (κ1) is 12.8. The van der Waals surface area contributed by atoms with Crippen molar-refractivity contribution in [3.63, 3.8) is 0 Å². The van der Waals surface area contributed by atoms with Gasteiger partial charge in [0.1, 0.15) is 5.82 Å². The Morgan fingerprint density at radius 1 is 1.16 bits per heavy atom. The molecule has 1 aromatic heterocycles. The number of nitrogens with zero attached hydrogens (tertiary/aromatic N) is 2. The molecule has 0 aliphatic carbocycles. The number of halogens is 1. The fourth-order valence-electron chi connectivity index (χ4n) is 2.42. The van der Waals surface area contributed by atoms with Gasteiger partial charge in [-0.15, -0.1) is 0 Å². The zero-order valence-electron chi connectivity index (χ0n) is 10.6. The summed E-state index contributed by atoms with van der Waals surface area (Å²) in [7, 11) is 0. The van der Waals surface area contributed by atoms with Gasteiger partial charge in [-0.25, -0.2) is 9.97 Å². The van der Waals surface area contributed by atoms with Gasteiger partial charge in [0.25, 0.3) is 0 Å². The Balaban J connectivity index is 1.88. The van der Waals surface area contributed by atoms with Crippen molar-refractivity contribution < 1.29 is 0 Å². The molecule has 1 aromatic carbocycles. The van der Waals surface area contributed by atoms with Crippen molar-refractivity contribution in [3.05, 3.63) is 46.8 Å². The molecule has 1 N–H and O–H groups in total. The van der Waals surface area contributed by atoms with Crippen LogP contribution in [0, 0.1) is 0 Å². The predicted molar refractivity (Wildman–Crippen MR) is 80.0 cm³/mol. The SMILES string of the molecule is Brc1ccc(-c2ccnc(C3CCCNC3)n2)cc1. The molecule has 0 saturated carbocycles. The van der Waals surface area contributed by atoms with Crippen LogP contribution in [0.5, 0.6) is 0 Å². The minimum absolute atomic E-state index is 0.448. The summed E-state index contributed by atoms with van der Waals surface area (Å²) in [6, 6.07) is 10.2. The lowest BCUT2D eigenvalue weighted by Gasteiger charge is -2.21. The molecule has 1 fully saturated rings. The Morgan fingerprint density at radius 2 is 2.00 bits per heavy atom. The van der Waals surface area contributed by atoms with Gasteiger partial charge in [0.2, 0.25) is 0 Å². The van der Waals surface area contributed by atoms with Crippen molar-refractivity contribution >= 4 is 15.9 Å². The van der Waals surface area contributed by atoms with Gasteiger partial charge < -0.3 is 5.32 Å². The maximum atomic E-state index is 4.73. The van der Waals surface area contributed by atoms with Gasteiger partial charge in [0, 0.05) is 28.7 Å². The fraction of sp³-hybridized carbons (Fsp3) is 0.333. The molecule has 19 heavy (non-hydrogen) atoms. The molecule has 3 rings (SSSR count). The van der Waals surface area contributed by atoms with Gasteiger partial charge in [0.15, 0.2) is 0 Å². The molecule has 2 heterocycles. The number of benzene rings is 1. The predicted octanol–water partition coefficient (Wildman–Crippen LogP) is 3.37. The van der Waals surface area contributed by atoms with Crippen LogP contribution < -0.4 is 5.32 Å². The van der Waals surface area contributed by atoms with E-state index in [1.807, 2.05) is 24.4 Å². The monoisotopic (exact) mass is 317 g/mol. The van der Waals surface area contributed by atoms with Crippen molar-refractivity contribution in [2.24, 2.45) is 0 Å². The first-order valence-electron chi connectivity index (χ1n) is 6.62. The van der Waals surface area contributed by atoms with Crippen molar-refractivity contribution in [3.8, 4) is 11.3 Å². The second kappa shape index (κ2) is 5.80. The van der Waals surface area contributed by atoms with Crippen LogP contribution >= 0.6 is 15.9 Å². The molecule has 0 radical (unpaired) electrons. The Labute approximate surface area is 121 Å². The van der Waals surface area contributed by atoms with E-state index in [1.54, 1.807) is 0 Å². The van der Waals surface area contributed by atoms with Gasteiger partial charge in [-0.3, -0.25) is 0 Å². The third-order valence-electron chi connectivity index (χ3n) is 3.48. The Morgan fingerprint density at radius 3 is 2.74 bits per heavy atom. The van der Waals surface area contributed by atoms with Crippen LogP contribution in [0.25, 0.3) is 11.3 Å². The standard InChI is InChI=1S/C15H16BrN3/c16-13-5-3-11(4-6-13)14-7-9-18-15(19-14)12-2-1-8-17-10-12/h3-7,9,12,17H,1-2,8,10H2. The first-order valence-corrected chi connectivity index (χ1v) is 7.42. The number of hydrogen-bond donors (Lipinski definition) is 1. The highest BCUT2D eigenvalue weighted by Crippen LogP contribution is 2.24. The molecule has 1 atom stereocenters. The molecule has 1 unspecified atom stereocenters. The summed E-state index contributed by atoms with van der Waals surface area (Å²) < 4.78 is 1.09. The molecule has 1 aliphatic heterocycles. The van der Waals surface area contributed by atoms with Crippen LogP contribution in [-0.4, -0.2) is 23.1 Å². The van der Waals surface area contributed by atoms with E-state index >= 15 is 0 Å². The molecular formula is C15H16BrN3. The van der Waals surface area contributed by atoms with E-state index in [-0.39, 0.29) is 0 Å². The van der Waals surface area contributed by atoms with E-state index < -0.39 is 0 Å². The topological polar surface area (TPSA) is 37.8 Å². The van der Waals surface area contributed by atoms with E-state index in [9.17, 15) is 0 Å². The number of piperidine rings is 1. The van der Waals surface area contributed by atoms with E-state index in [0.717, 1.165) is 34.6 Å². The lowest BCUT2D eigenvalue weighted by molar-refractivity contribution is 0.447. The number of rotatable bonds is 2. The minimum atomic E-state index is 0.448. The first-order chi connectivity index (χ1) is 9.33. The Hall–Kier alpha value is -1.26. The van der Waals surface area contributed by atoms with Crippen LogP contribution in [0.1, 0.15) is 24.6 Å². The maximum absolute atomic E-state index is 4.73. The molecule has 4 heteroatoms. The van der Waals surface area contributed by atoms with Crippen molar-refractivity contribution in [2.75, 3.05) is 13.1 Å². The summed E-state index contributed by atoms with van der Waals surface area (Å²) in [5, 5.41) is 3.41. The third kappa shape index (κ3) is 3.01. The van der Waals surface area contributed by atoms with Crippen LogP contribution in [0.4, 0.5) is 0 Å². The largest absolute Gasteiger partial charge is 0.316 e. The van der Waals surface area contributed by atoms with Crippen LogP contribution in [-0.2, 0) is 0 Å². The summed E-state index contributed by atoms with van der Waals surface area (Å²) in [5.74, 6) is 1.41. The highest BCUT2D eigenvalue weighted by molar-refractivity contribution is 9.10. The average Bonchev–Trinajstić information content (AvgIpc) is 2.49. The number of aromatic nitrogens is 2. The molecule has 0 spiro atoms. The van der Waals surface area contributed by atoms with Gasteiger partial charge in [-0.2, -0.15) is 0 Å². The molecule has 98 valence electrons. The van der Waals surface area contributed by atoms with Gasteiger partial charge in [0.05, 0.1) is 5.69 Å². The summed E-state index contributed by atoms with van der Waals surface area (Å²) in [5.41, 5.74) is 2.14. The van der Waals surface area contributed by atoms with Crippen LogP contribution in [0.2, 0.25) is 0 Å². The summed E-state index contributed by atoms with van der Waals surface area (Å²) in [4.78, 5) is 9.18. The smallest absolute Gasteiger partial charge is 0.133 e. The zero-order chi connectivity index (χ0) is 13.1. The summed E-state index contributed by atoms with van der Waals surface area (Å²) >= 11 is 3.45. The molecule has 0 bridgehead atoms. The fourth-order valence-corrected chi connectivity index (χ4v) is 2.69. The highest BCUT2D eigenvalue weighted by Gasteiger charge is 2.18. The van der Waals surface area contributed by atoms with E-state index in [0.29, 0.717) is 5.92 Å². The van der Waals surface area contributed by atoms with Crippen molar-refractivity contribution in [1.29, 1.82) is 0 Å². The summed E-state index contributed by atoms with van der Waals surface area (Å²) in [6.45, 7) is 2.10. The number of nitrogens with one attached hydrogen (secondary N) is 1. The highest BCUT2D eigenvalue weighted by atomic mass is 79.9. The molecule has 0 amide bonds. The van der Waals surface area contributed by atoms with E-state index in [2.05, 4.69) is 38.4 Å². The Bertz CT molecular complexity index is 548. The Kier molecular flexibility index (Phi) is 3.89. The average molecular weight is 318 g/mol.